The number of hydrogen-bond acceptors (Lipinski definition) is 9. The second-order valence-electron chi connectivity index (χ2n) is 9.42. The summed E-state index contributed by atoms with van der Waals surface area (Å²) in [6, 6.07) is 9.84. The number of amides is 1. The first-order valence-corrected chi connectivity index (χ1v) is 13.8. The number of carbonyl (C=O) groups excluding carboxylic acids is 1. The van der Waals surface area contributed by atoms with Gasteiger partial charge in [-0.1, -0.05) is 36.1 Å². The molecule has 0 saturated carbocycles. The van der Waals surface area contributed by atoms with Crippen LogP contribution in [-0.2, 0) is 11.3 Å². The molecule has 2 aromatic heterocycles. The van der Waals surface area contributed by atoms with Crippen molar-refractivity contribution in [2.75, 3.05) is 44.4 Å². The van der Waals surface area contributed by atoms with Gasteiger partial charge in [0.25, 0.3) is 11.5 Å². The maximum Gasteiger partial charge on any atom is 0.267 e. The minimum Gasteiger partial charge on any atom is -0.454 e. The average Bonchev–Trinajstić information content (AvgIpc) is 3.49. The SMILES string of the molecule is CCN1C(=O)C(=Cc2c(N3CCN(Cc4ccc5c(c4)OCO5)CC3)nc3c(C)cccn3c2=O)SC1=S. The van der Waals surface area contributed by atoms with Gasteiger partial charge in [-0.05, 0) is 49.2 Å². The van der Waals surface area contributed by atoms with E-state index >= 15 is 0 Å². The fraction of sp³-hybridized carbons (Fsp3) is 0.333. The highest BCUT2D eigenvalue weighted by atomic mass is 32.2. The second kappa shape index (κ2) is 10.0. The fourth-order valence-corrected chi connectivity index (χ4v) is 6.35. The lowest BCUT2D eigenvalue weighted by molar-refractivity contribution is -0.121. The normalized spacial score (nSPS) is 18.8. The molecule has 0 N–H and O–H groups in total. The number of benzene rings is 1. The van der Waals surface area contributed by atoms with E-state index in [1.807, 2.05) is 38.1 Å². The van der Waals surface area contributed by atoms with Crippen LogP contribution in [0.3, 0.4) is 0 Å². The first-order valence-electron chi connectivity index (χ1n) is 12.6. The topological polar surface area (TPSA) is 79.6 Å². The summed E-state index contributed by atoms with van der Waals surface area (Å²) in [7, 11) is 0. The van der Waals surface area contributed by atoms with Crippen molar-refractivity contribution in [2.45, 2.75) is 20.4 Å². The van der Waals surface area contributed by atoms with E-state index in [4.69, 9.17) is 26.7 Å². The summed E-state index contributed by atoms with van der Waals surface area (Å²) in [5.41, 5.74) is 2.91. The number of carbonyl (C=O) groups is 1. The largest absolute Gasteiger partial charge is 0.454 e. The maximum atomic E-state index is 13.7. The number of rotatable bonds is 5. The molecule has 0 unspecified atom stereocenters. The van der Waals surface area contributed by atoms with E-state index in [0.717, 1.165) is 36.7 Å². The van der Waals surface area contributed by atoms with Gasteiger partial charge in [0.2, 0.25) is 6.79 Å². The molecule has 196 valence electrons. The maximum absolute atomic E-state index is 13.7. The van der Waals surface area contributed by atoms with Gasteiger partial charge in [0, 0.05) is 45.5 Å². The van der Waals surface area contributed by atoms with E-state index < -0.39 is 0 Å². The highest BCUT2D eigenvalue weighted by Gasteiger charge is 2.32. The van der Waals surface area contributed by atoms with Gasteiger partial charge < -0.3 is 14.4 Å². The number of aryl methyl sites for hydroxylation is 1. The van der Waals surface area contributed by atoms with Gasteiger partial charge in [0.05, 0.1) is 10.5 Å². The number of aromatic nitrogens is 2. The van der Waals surface area contributed by atoms with Crippen LogP contribution in [0.1, 0.15) is 23.6 Å². The molecule has 2 fully saturated rings. The van der Waals surface area contributed by atoms with Crippen molar-refractivity contribution in [3.63, 3.8) is 0 Å². The van der Waals surface area contributed by atoms with Gasteiger partial charge in [0.15, 0.2) is 11.5 Å². The molecule has 0 bridgehead atoms. The van der Waals surface area contributed by atoms with Gasteiger partial charge in [-0.25, -0.2) is 4.98 Å². The molecule has 1 aromatic carbocycles. The molecule has 1 amide bonds. The Hall–Kier alpha value is -3.41. The lowest BCUT2D eigenvalue weighted by Crippen LogP contribution is -2.47. The summed E-state index contributed by atoms with van der Waals surface area (Å²) in [5.74, 6) is 2.01. The number of hydrogen-bond donors (Lipinski definition) is 0. The first kappa shape index (κ1) is 24.9. The molecule has 3 aromatic rings. The van der Waals surface area contributed by atoms with E-state index in [-0.39, 0.29) is 18.3 Å². The Morgan fingerprint density at radius 1 is 1.11 bits per heavy atom. The Balaban J connectivity index is 1.30. The predicted molar refractivity (Wildman–Crippen MR) is 152 cm³/mol. The molecule has 11 heteroatoms. The van der Waals surface area contributed by atoms with Crippen molar-refractivity contribution < 1.29 is 14.3 Å². The van der Waals surface area contributed by atoms with Gasteiger partial charge in [-0.2, -0.15) is 0 Å². The number of nitrogens with zero attached hydrogens (tertiary/aromatic N) is 5. The third kappa shape index (κ3) is 4.44. The van der Waals surface area contributed by atoms with Gasteiger partial charge >= 0.3 is 0 Å². The van der Waals surface area contributed by atoms with Crippen LogP contribution in [0.5, 0.6) is 11.5 Å². The standard InChI is InChI=1S/C27H27N5O4S2/c1-3-31-26(34)22(38-27(31)37)14-19-24(28-23-17(2)5-4-8-32(23)25(19)33)30-11-9-29(10-12-30)15-18-6-7-20-21(13-18)36-16-35-20/h4-8,13-14H,3,9-12,15-16H2,1-2H3. The van der Waals surface area contributed by atoms with Crippen molar-refractivity contribution in [1.82, 2.24) is 19.2 Å². The van der Waals surface area contributed by atoms with Gasteiger partial charge in [-0.3, -0.25) is 23.8 Å². The van der Waals surface area contributed by atoms with Crippen LogP contribution in [0.25, 0.3) is 11.7 Å². The molecule has 5 heterocycles. The molecule has 0 spiro atoms. The fourth-order valence-electron chi connectivity index (χ4n) is 4.99. The van der Waals surface area contributed by atoms with E-state index in [9.17, 15) is 9.59 Å². The Bertz CT molecular complexity index is 1540. The molecule has 0 atom stereocenters. The Morgan fingerprint density at radius 2 is 1.89 bits per heavy atom. The quantitative estimate of drug-likeness (QED) is 0.352. The molecule has 3 aliphatic heterocycles. The van der Waals surface area contributed by atoms with Crippen molar-refractivity contribution in [3.8, 4) is 11.5 Å². The van der Waals surface area contributed by atoms with E-state index in [2.05, 4.69) is 15.9 Å². The first-order chi connectivity index (χ1) is 18.4. The second-order valence-corrected chi connectivity index (χ2v) is 11.1. The average molecular weight is 550 g/mol. The van der Waals surface area contributed by atoms with Crippen molar-refractivity contribution in [3.05, 3.63) is 68.5 Å². The number of ether oxygens (including phenoxy) is 2. The predicted octanol–water partition coefficient (Wildman–Crippen LogP) is 3.27. The number of likely N-dealkylation sites (N-methyl/N-ethyl adjacent to an activating group) is 1. The summed E-state index contributed by atoms with van der Waals surface area (Å²) in [6.45, 7) is 8.41. The number of piperazine rings is 1. The molecule has 9 nitrogen and oxygen atoms in total. The van der Waals surface area contributed by atoms with Crippen LogP contribution in [0.15, 0.2) is 46.2 Å². The van der Waals surface area contributed by atoms with E-state index in [1.165, 1.54) is 17.3 Å². The van der Waals surface area contributed by atoms with Gasteiger partial charge in [0.1, 0.15) is 15.8 Å². The Kier molecular flexibility index (Phi) is 6.58. The van der Waals surface area contributed by atoms with Crippen molar-refractivity contribution in [2.24, 2.45) is 0 Å². The van der Waals surface area contributed by atoms with Crippen LogP contribution in [0.2, 0.25) is 0 Å². The monoisotopic (exact) mass is 549 g/mol. The molecule has 2 saturated heterocycles. The van der Waals surface area contributed by atoms with Crippen LogP contribution < -0.4 is 19.9 Å². The lowest BCUT2D eigenvalue weighted by atomic mass is 10.1. The highest BCUT2D eigenvalue weighted by Crippen LogP contribution is 2.34. The highest BCUT2D eigenvalue weighted by molar-refractivity contribution is 8.26. The molecule has 0 radical (unpaired) electrons. The zero-order valence-corrected chi connectivity index (χ0v) is 22.8. The number of thioether (sulfide) groups is 1. The van der Waals surface area contributed by atoms with Crippen LogP contribution in [-0.4, -0.2) is 68.9 Å². The van der Waals surface area contributed by atoms with Crippen molar-refractivity contribution in [1.29, 1.82) is 0 Å². The van der Waals surface area contributed by atoms with Crippen LogP contribution >= 0.6 is 24.0 Å². The van der Waals surface area contributed by atoms with E-state index in [1.54, 1.807) is 21.6 Å². The molecular formula is C27H27N5O4S2. The minimum atomic E-state index is -0.196. The molecule has 3 aliphatic rings. The Morgan fingerprint density at radius 3 is 2.66 bits per heavy atom. The molecule has 6 rings (SSSR count). The summed E-state index contributed by atoms with van der Waals surface area (Å²) < 4.78 is 13.0. The summed E-state index contributed by atoms with van der Waals surface area (Å²) in [6.07, 6.45) is 3.40. The molecule has 0 aliphatic carbocycles. The zero-order chi connectivity index (χ0) is 26.4. The van der Waals surface area contributed by atoms with Crippen molar-refractivity contribution >= 4 is 51.7 Å². The van der Waals surface area contributed by atoms with E-state index in [0.29, 0.717) is 45.9 Å². The molecular weight excluding hydrogens is 522 g/mol. The smallest absolute Gasteiger partial charge is 0.267 e. The number of pyridine rings is 1. The van der Waals surface area contributed by atoms with Gasteiger partial charge in [-0.15, -0.1) is 0 Å². The number of anilines is 1. The zero-order valence-electron chi connectivity index (χ0n) is 21.2. The third-order valence-corrected chi connectivity index (χ3v) is 8.42. The third-order valence-electron chi connectivity index (χ3n) is 7.04. The van der Waals surface area contributed by atoms with Crippen LogP contribution in [0.4, 0.5) is 5.82 Å². The Labute approximate surface area is 229 Å². The van der Waals surface area contributed by atoms with Crippen LogP contribution in [0, 0.1) is 6.92 Å². The number of fused-ring (bicyclic) bond motifs is 2. The number of thiocarbonyl (C=S) groups is 1. The molecule has 38 heavy (non-hydrogen) atoms. The minimum absolute atomic E-state index is 0.171. The lowest BCUT2D eigenvalue weighted by Gasteiger charge is -2.36. The summed E-state index contributed by atoms with van der Waals surface area (Å²) >= 11 is 6.62. The summed E-state index contributed by atoms with van der Waals surface area (Å²) in [4.78, 5) is 38.1. The summed E-state index contributed by atoms with van der Waals surface area (Å²) in [5, 5.41) is 0.